The topological polar surface area (TPSA) is 47.3 Å². The van der Waals surface area contributed by atoms with Crippen molar-refractivity contribution in [1.82, 2.24) is 5.43 Å². The highest BCUT2D eigenvalue weighted by molar-refractivity contribution is 4.91. The molecule has 0 spiro atoms. The van der Waals surface area contributed by atoms with Crippen LogP contribution in [-0.4, -0.2) is 18.8 Å². The molecule has 96 valence electrons. The van der Waals surface area contributed by atoms with E-state index >= 15 is 0 Å². The molecule has 16 heavy (non-hydrogen) atoms. The first-order valence-corrected chi connectivity index (χ1v) is 6.45. The Morgan fingerprint density at radius 2 is 1.94 bits per heavy atom. The van der Waals surface area contributed by atoms with E-state index < -0.39 is 0 Å². The van der Waals surface area contributed by atoms with Gasteiger partial charge in [0.05, 0.1) is 5.60 Å². The molecule has 1 aliphatic carbocycles. The maximum atomic E-state index is 5.72. The van der Waals surface area contributed by atoms with Crippen molar-refractivity contribution in [3.05, 3.63) is 0 Å². The van der Waals surface area contributed by atoms with Gasteiger partial charge in [-0.3, -0.25) is 11.3 Å². The van der Waals surface area contributed by atoms with E-state index in [9.17, 15) is 0 Å². The quantitative estimate of drug-likeness (QED) is 0.542. The number of nitrogens with one attached hydrogen (secondary N) is 1. The Hall–Kier alpha value is -0.120. The SMILES string of the molecule is COC(C)(C)CCC(NN)C1(C)CCCC1. The van der Waals surface area contributed by atoms with Crippen LogP contribution in [0.1, 0.15) is 59.3 Å². The van der Waals surface area contributed by atoms with E-state index in [1.165, 1.54) is 25.7 Å². The van der Waals surface area contributed by atoms with Crippen molar-refractivity contribution in [2.75, 3.05) is 7.11 Å². The van der Waals surface area contributed by atoms with E-state index in [2.05, 4.69) is 26.2 Å². The maximum absolute atomic E-state index is 5.72. The fourth-order valence-corrected chi connectivity index (χ4v) is 2.76. The van der Waals surface area contributed by atoms with Crippen molar-refractivity contribution in [3.63, 3.8) is 0 Å². The molecule has 0 saturated heterocycles. The highest BCUT2D eigenvalue weighted by atomic mass is 16.5. The fraction of sp³-hybridized carbons (Fsp3) is 1.00. The number of ether oxygens (including phenoxy) is 1. The van der Waals surface area contributed by atoms with Crippen molar-refractivity contribution in [2.45, 2.75) is 70.9 Å². The highest BCUT2D eigenvalue weighted by Gasteiger charge is 2.36. The number of rotatable bonds is 6. The van der Waals surface area contributed by atoms with Crippen LogP contribution < -0.4 is 11.3 Å². The Kier molecular flexibility index (Phi) is 4.77. The lowest BCUT2D eigenvalue weighted by Crippen LogP contribution is -2.46. The summed E-state index contributed by atoms with van der Waals surface area (Å²) < 4.78 is 5.46. The van der Waals surface area contributed by atoms with Gasteiger partial charge in [-0.2, -0.15) is 0 Å². The van der Waals surface area contributed by atoms with Gasteiger partial charge in [0.25, 0.3) is 0 Å². The van der Waals surface area contributed by atoms with Crippen LogP contribution in [0.3, 0.4) is 0 Å². The van der Waals surface area contributed by atoms with E-state index in [0.717, 1.165) is 12.8 Å². The van der Waals surface area contributed by atoms with Gasteiger partial charge < -0.3 is 4.74 Å². The van der Waals surface area contributed by atoms with E-state index in [1.54, 1.807) is 7.11 Å². The Balaban J connectivity index is 2.49. The van der Waals surface area contributed by atoms with Crippen LogP contribution in [0.15, 0.2) is 0 Å². The van der Waals surface area contributed by atoms with Crippen LogP contribution in [-0.2, 0) is 4.74 Å². The van der Waals surface area contributed by atoms with Crippen LogP contribution in [0, 0.1) is 5.41 Å². The van der Waals surface area contributed by atoms with Gasteiger partial charge in [-0.1, -0.05) is 19.8 Å². The molecule has 0 radical (unpaired) electrons. The molecule has 1 atom stereocenters. The lowest BCUT2D eigenvalue weighted by molar-refractivity contribution is 0.00752. The Labute approximate surface area is 100 Å². The summed E-state index contributed by atoms with van der Waals surface area (Å²) in [7, 11) is 1.78. The molecule has 3 N–H and O–H groups in total. The van der Waals surface area contributed by atoms with Gasteiger partial charge in [-0.25, -0.2) is 0 Å². The van der Waals surface area contributed by atoms with E-state index in [0.29, 0.717) is 11.5 Å². The second kappa shape index (κ2) is 5.48. The second-order valence-corrected chi connectivity index (χ2v) is 6.08. The third kappa shape index (κ3) is 3.44. The molecular weight excluding hydrogens is 200 g/mol. The molecule has 1 unspecified atom stereocenters. The summed E-state index contributed by atoms with van der Waals surface area (Å²) in [5, 5.41) is 0. The molecule has 0 aromatic rings. The van der Waals surface area contributed by atoms with E-state index in [4.69, 9.17) is 10.6 Å². The standard InChI is InChI=1S/C13H28N2O/c1-12(2,16-4)10-7-11(15-14)13(3)8-5-6-9-13/h11,15H,5-10,14H2,1-4H3. The molecule has 0 heterocycles. The predicted octanol–water partition coefficient (Wildman–Crippen LogP) is 2.60. The average Bonchev–Trinajstić information content (AvgIpc) is 2.67. The van der Waals surface area contributed by atoms with Crippen LogP contribution in [0.25, 0.3) is 0 Å². The van der Waals surface area contributed by atoms with E-state index in [-0.39, 0.29) is 5.60 Å². The second-order valence-electron chi connectivity index (χ2n) is 6.08. The zero-order valence-electron chi connectivity index (χ0n) is 11.3. The highest BCUT2D eigenvalue weighted by Crippen LogP contribution is 2.42. The molecule has 3 heteroatoms. The van der Waals surface area contributed by atoms with Crippen molar-refractivity contribution in [3.8, 4) is 0 Å². The number of hydrogen-bond donors (Lipinski definition) is 2. The monoisotopic (exact) mass is 228 g/mol. The molecular formula is C13H28N2O. The summed E-state index contributed by atoms with van der Waals surface area (Å²) in [6.45, 7) is 6.64. The molecule has 0 aliphatic heterocycles. The lowest BCUT2D eigenvalue weighted by atomic mass is 9.77. The minimum atomic E-state index is -0.0376. The summed E-state index contributed by atoms with van der Waals surface area (Å²) in [6.07, 6.45) is 7.44. The molecule has 1 fully saturated rings. The van der Waals surface area contributed by atoms with Gasteiger partial charge in [0.2, 0.25) is 0 Å². The zero-order chi connectivity index (χ0) is 12.2. The van der Waals surface area contributed by atoms with Gasteiger partial charge in [0.15, 0.2) is 0 Å². The number of hydrazine groups is 1. The molecule has 3 nitrogen and oxygen atoms in total. The summed E-state index contributed by atoms with van der Waals surface area (Å²) in [6, 6.07) is 0.421. The maximum Gasteiger partial charge on any atom is 0.0623 e. The molecule has 0 aromatic heterocycles. The Morgan fingerprint density at radius 3 is 2.38 bits per heavy atom. The summed E-state index contributed by atoms with van der Waals surface area (Å²) in [4.78, 5) is 0. The van der Waals surface area contributed by atoms with Crippen molar-refractivity contribution in [1.29, 1.82) is 0 Å². The summed E-state index contributed by atoms with van der Waals surface area (Å²) in [5.74, 6) is 5.72. The van der Waals surface area contributed by atoms with Gasteiger partial charge in [-0.05, 0) is 44.9 Å². The van der Waals surface area contributed by atoms with Crippen LogP contribution in [0.5, 0.6) is 0 Å². The van der Waals surface area contributed by atoms with Gasteiger partial charge in [-0.15, -0.1) is 0 Å². The van der Waals surface area contributed by atoms with E-state index in [1.807, 2.05) is 0 Å². The molecule has 1 saturated carbocycles. The number of hydrogen-bond acceptors (Lipinski definition) is 3. The Morgan fingerprint density at radius 1 is 1.38 bits per heavy atom. The molecule has 0 aromatic carbocycles. The average molecular weight is 228 g/mol. The van der Waals surface area contributed by atoms with Gasteiger partial charge >= 0.3 is 0 Å². The van der Waals surface area contributed by atoms with Crippen LogP contribution >= 0.6 is 0 Å². The fourth-order valence-electron chi connectivity index (χ4n) is 2.76. The smallest absolute Gasteiger partial charge is 0.0623 e. The van der Waals surface area contributed by atoms with Gasteiger partial charge in [0, 0.05) is 13.2 Å². The normalized spacial score (nSPS) is 22.3. The third-order valence-corrected chi connectivity index (χ3v) is 4.38. The Bertz CT molecular complexity index is 210. The first kappa shape index (κ1) is 13.9. The molecule has 1 aliphatic rings. The summed E-state index contributed by atoms with van der Waals surface area (Å²) >= 11 is 0. The predicted molar refractivity (Wildman–Crippen MR) is 68.0 cm³/mol. The third-order valence-electron chi connectivity index (χ3n) is 4.38. The first-order valence-electron chi connectivity index (χ1n) is 6.45. The first-order chi connectivity index (χ1) is 7.43. The number of methoxy groups -OCH3 is 1. The van der Waals surface area contributed by atoms with Crippen LogP contribution in [0.4, 0.5) is 0 Å². The van der Waals surface area contributed by atoms with Crippen molar-refractivity contribution >= 4 is 0 Å². The molecule has 1 rings (SSSR count). The minimum absolute atomic E-state index is 0.0376. The molecule has 0 bridgehead atoms. The zero-order valence-corrected chi connectivity index (χ0v) is 11.3. The van der Waals surface area contributed by atoms with Crippen LogP contribution in [0.2, 0.25) is 0 Å². The largest absolute Gasteiger partial charge is 0.379 e. The lowest BCUT2D eigenvalue weighted by Gasteiger charge is -2.35. The summed E-state index contributed by atoms with van der Waals surface area (Å²) in [5.41, 5.74) is 3.38. The number of nitrogens with two attached hydrogens (primary N) is 1. The van der Waals surface area contributed by atoms with Crippen molar-refractivity contribution < 1.29 is 4.74 Å². The van der Waals surface area contributed by atoms with Crippen molar-refractivity contribution in [2.24, 2.45) is 11.3 Å². The minimum Gasteiger partial charge on any atom is -0.379 e. The molecule has 0 amide bonds. The van der Waals surface area contributed by atoms with Gasteiger partial charge in [0.1, 0.15) is 0 Å².